The Hall–Kier alpha value is -1.77. The van der Waals surface area contributed by atoms with Crippen LogP contribution >= 0.6 is 0 Å². The van der Waals surface area contributed by atoms with Crippen LogP contribution in [0.2, 0.25) is 0 Å². The van der Waals surface area contributed by atoms with Gasteiger partial charge in [-0.25, -0.2) is 0 Å². The van der Waals surface area contributed by atoms with Crippen molar-refractivity contribution in [2.75, 3.05) is 26.8 Å². The van der Waals surface area contributed by atoms with E-state index in [0.29, 0.717) is 18.9 Å². The molecule has 288 valence electrons. The summed E-state index contributed by atoms with van der Waals surface area (Å²) in [5, 5.41) is 27.8. The summed E-state index contributed by atoms with van der Waals surface area (Å²) in [5.74, 6) is -0.366. The van der Waals surface area contributed by atoms with Crippen LogP contribution in [0, 0.1) is 17.8 Å². The van der Waals surface area contributed by atoms with Gasteiger partial charge in [0, 0.05) is 43.5 Å². The second kappa shape index (κ2) is 21.6. The molecule has 0 radical (unpaired) electrons. The molecule has 2 aliphatic carbocycles. The molecule has 3 aliphatic rings. The molecule has 11 atom stereocenters. The van der Waals surface area contributed by atoms with E-state index >= 15 is 0 Å². The third-order valence-corrected chi connectivity index (χ3v) is 9.56. The molecule has 2 fully saturated rings. The van der Waals surface area contributed by atoms with Crippen molar-refractivity contribution < 1.29 is 34.0 Å². The SMILES string of the molecule is C=C(N)OC(C)(C)C.CCCNCC1=CC[C@@H](N)CC1.CC[C@@H](C)C(=O)N[C@@H]1C[C@H](N)[C@@H](OC)[C@H](C)[C@H]1O[C@H]1OC[C@](C)(O)[C@H](CC)[C@H]1O. The van der Waals surface area contributed by atoms with Gasteiger partial charge in [-0.2, -0.15) is 0 Å². The Labute approximate surface area is 297 Å². The van der Waals surface area contributed by atoms with Gasteiger partial charge in [0.1, 0.15) is 11.7 Å². The molecule has 12 heteroatoms. The molecule has 1 heterocycles. The number of rotatable bonds is 12. The summed E-state index contributed by atoms with van der Waals surface area (Å²) in [4.78, 5) is 12.5. The van der Waals surface area contributed by atoms with E-state index in [1.165, 1.54) is 19.3 Å². The average molecular weight is 700 g/mol. The number of amides is 1. The number of nitrogens with two attached hydrogens (primary N) is 3. The molecule has 3 rings (SSSR count). The number of aliphatic hydroxyl groups is 2. The number of methoxy groups -OCH3 is 1. The smallest absolute Gasteiger partial charge is 0.223 e. The fraction of sp³-hybridized carbons (Fsp3) is 0.865. The molecule has 49 heavy (non-hydrogen) atoms. The summed E-state index contributed by atoms with van der Waals surface area (Å²) in [6, 6.07) is -0.135. The highest BCUT2D eigenvalue weighted by atomic mass is 16.7. The first-order valence-electron chi connectivity index (χ1n) is 18.3. The van der Waals surface area contributed by atoms with E-state index in [1.807, 2.05) is 48.5 Å². The van der Waals surface area contributed by atoms with E-state index in [9.17, 15) is 15.0 Å². The highest BCUT2D eigenvalue weighted by Crippen LogP contribution is 2.36. The summed E-state index contributed by atoms with van der Waals surface area (Å²) < 4.78 is 22.6. The van der Waals surface area contributed by atoms with Crippen molar-refractivity contribution in [3.05, 3.63) is 24.1 Å². The van der Waals surface area contributed by atoms with E-state index in [4.69, 9.17) is 36.1 Å². The summed E-state index contributed by atoms with van der Waals surface area (Å²) in [7, 11) is 1.62. The molecular weight excluding hydrogens is 626 g/mol. The lowest BCUT2D eigenvalue weighted by Crippen LogP contribution is -2.64. The molecule has 1 aliphatic heterocycles. The maximum atomic E-state index is 12.5. The highest BCUT2D eigenvalue weighted by molar-refractivity contribution is 5.78. The first-order valence-corrected chi connectivity index (χ1v) is 18.3. The first kappa shape index (κ1) is 45.3. The molecule has 0 aromatic heterocycles. The third kappa shape index (κ3) is 15.6. The van der Waals surface area contributed by atoms with E-state index < -0.39 is 24.1 Å². The number of ether oxygens (including phenoxy) is 4. The van der Waals surface area contributed by atoms with Crippen LogP contribution in [0.4, 0.5) is 0 Å². The lowest BCUT2D eigenvalue weighted by molar-refractivity contribution is -0.303. The minimum absolute atomic E-state index is 0.0409. The Balaban J connectivity index is 0.000000489. The molecule has 1 saturated heterocycles. The van der Waals surface area contributed by atoms with Crippen LogP contribution in [0.25, 0.3) is 0 Å². The number of nitrogens with one attached hydrogen (secondary N) is 2. The van der Waals surface area contributed by atoms with Gasteiger partial charge in [0.2, 0.25) is 5.91 Å². The van der Waals surface area contributed by atoms with E-state index in [1.54, 1.807) is 19.6 Å². The molecule has 0 bridgehead atoms. The Bertz CT molecular complexity index is 1000. The Kier molecular flexibility index (Phi) is 19.9. The van der Waals surface area contributed by atoms with Crippen molar-refractivity contribution in [2.45, 2.75) is 161 Å². The fourth-order valence-corrected chi connectivity index (χ4v) is 6.62. The molecule has 12 nitrogen and oxygen atoms in total. The van der Waals surface area contributed by atoms with Crippen LogP contribution in [0.5, 0.6) is 0 Å². The molecule has 0 spiro atoms. The fourth-order valence-electron chi connectivity index (χ4n) is 6.62. The highest BCUT2D eigenvalue weighted by Gasteiger charge is 2.49. The van der Waals surface area contributed by atoms with Crippen LogP contribution in [-0.2, 0) is 23.7 Å². The molecule has 0 aromatic carbocycles. The summed E-state index contributed by atoms with van der Waals surface area (Å²) in [6.45, 7) is 23.0. The van der Waals surface area contributed by atoms with Crippen molar-refractivity contribution in [1.82, 2.24) is 10.6 Å². The second-order valence-corrected chi connectivity index (χ2v) is 15.3. The van der Waals surface area contributed by atoms with Crippen molar-refractivity contribution >= 4 is 5.91 Å². The quantitative estimate of drug-likeness (QED) is 0.0896. The van der Waals surface area contributed by atoms with Crippen LogP contribution in [0.1, 0.15) is 107 Å². The minimum atomic E-state index is -1.12. The zero-order chi connectivity index (χ0) is 37.5. The second-order valence-electron chi connectivity index (χ2n) is 15.3. The number of carbonyl (C=O) groups excluding carboxylic acids is 1. The van der Waals surface area contributed by atoms with Crippen LogP contribution < -0.4 is 27.8 Å². The maximum Gasteiger partial charge on any atom is 0.223 e. The zero-order valence-electron chi connectivity index (χ0n) is 32.3. The molecule has 1 saturated carbocycles. The van der Waals surface area contributed by atoms with E-state index in [2.05, 4.69) is 30.2 Å². The Morgan fingerprint density at radius 1 is 1.22 bits per heavy atom. The lowest BCUT2D eigenvalue weighted by Gasteiger charge is -2.48. The van der Waals surface area contributed by atoms with Gasteiger partial charge in [-0.15, -0.1) is 0 Å². The normalized spacial score (nSPS) is 33.8. The van der Waals surface area contributed by atoms with Gasteiger partial charge >= 0.3 is 0 Å². The van der Waals surface area contributed by atoms with Crippen molar-refractivity contribution in [1.29, 1.82) is 0 Å². The average Bonchev–Trinajstić information content (AvgIpc) is 3.00. The number of hydrogen-bond acceptors (Lipinski definition) is 11. The predicted molar refractivity (Wildman–Crippen MR) is 196 cm³/mol. The summed E-state index contributed by atoms with van der Waals surface area (Å²) >= 11 is 0. The van der Waals surface area contributed by atoms with Crippen molar-refractivity contribution in [3.63, 3.8) is 0 Å². The summed E-state index contributed by atoms with van der Waals surface area (Å²) in [6.07, 6.45) is 6.26. The van der Waals surface area contributed by atoms with E-state index in [0.717, 1.165) is 25.9 Å². The minimum Gasteiger partial charge on any atom is -0.474 e. The van der Waals surface area contributed by atoms with Crippen LogP contribution in [0.15, 0.2) is 24.1 Å². The predicted octanol–water partition coefficient (Wildman–Crippen LogP) is 3.43. The summed E-state index contributed by atoms with van der Waals surface area (Å²) in [5.41, 5.74) is 17.5. The van der Waals surface area contributed by atoms with Gasteiger partial charge in [-0.05, 0) is 85.8 Å². The van der Waals surface area contributed by atoms with Gasteiger partial charge < -0.3 is 57.0 Å². The Morgan fingerprint density at radius 2 is 1.88 bits per heavy atom. The number of hydrogen-bond donors (Lipinski definition) is 7. The molecule has 1 amide bonds. The number of aliphatic hydroxyl groups excluding tert-OH is 1. The largest absolute Gasteiger partial charge is 0.474 e. The number of carbonyl (C=O) groups is 1. The van der Waals surface area contributed by atoms with Crippen molar-refractivity contribution in [2.24, 2.45) is 35.0 Å². The maximum absolute atomic E-state index is 12.5. The molecule has 0 aromatic rings. The molecule has 10 N–H and O–H groups in total. The van der Waals surface area contributed by atoms with Gasteiger partial charge in [0.25, 0.3) is 0 Å². The van der Waals surface area contributed by atoms with Gasteiger partial charge in [0.05, 0.1) is 30.5 Å². The van der Waals surface area contributed by atoms with Gasteiger partial charge in [-0.3, -0.25) is 4.79 Å². The Morgan fingerprint density at radius 3 is 2.35 bits per heavy atom. The van der Waals surface area contributed by atoms with Gasteiger partial charge in [-0.1, -0.05) is 46.3 Å². The first-order chi connectivity index (χ1) is 22.8. The standard InChI is InChI=1S/C21H40N2O6.C10H20N2.C6H13NO/c1-7-11(3)19(25)23-15-9-14(22)17(27-6)12(4)18(15)29-20-16(24)13(8-2)21(5,26)10-28-20;1-2-7-12-8-9-3-5-10(11)6-4-9;1-5(7)8-6(2,3)4/h11-18,20,24,26H,7-10,22H2,1-6H3,(H,23,25);3,10,12H,2,4-8,11H2,1H3;1,7H2,2-4H3/t11-,12+,13-,14+,15-,16-,17+,18-,20-,21+;10-;/m11./s1. The monoisotopic (exact) mass is 700 g/mol. The topological polar surface area (TPSA) is 197 Å². The molecule has 0 unspecified atom stereocenters. The van der Waals surface area contributed by atoms with Crippen LogP contribution in [-0.4, -0.2) is 96.9 Å². The lowest BCUT2D eigenvalue weighted by atomic mass is 9.78. The van der Waals surface area contributed by atoms with Gasteiger partial charge in [0.15, 0.2) is 12.2 Å². The van der Waals surface area contributed by atoms with Crippen LogP contribution in [0.3, 0.4) is 0 Å². The third-order valence-electron chi connectivity index (χ3n) is 9.56. The zero-order valence-corrected chi connectivity index (χ0v) is 32.3. The van der Waals surface area contributed by atoms with E-state index in [-0.39, 0.29) is 59.9 Å². The molecular formula is C37H73N5O7. The van der Waals surface area contributed by atoms with Crippen molar-refractivity contribution in [3.8, 4) is 0 Å².